The Morgan fingerprint density at radius 2 is 1.69 bits per heavy atom. The van der Waals surface area contributed by atoms with Gasteiger partial charge in [-0.25, -0.2) is 0 Å². The summed E-state index contributed by atoms with van der Waals surface area (Å²) in [7, 11) is 0. The average molecular weight is 451 g/mol. The topological polar surface area (TPSA) is 75.6 Å². The molecule has 1 aromatic heterocycles. The summed E-state index contributed by atoms with van der Waals surface area (Å²) < 4.78 is 10.4. The molecule has 2 amide bonds. The molecule has 4 rings (SSSR count). The highest BCUT2D eigenvalue weighted by Crippen LogP contribution is 2.28. The maximum absolute atomic E-state index is 13.0. The molecule has 0 unspecified atom stereocenters. The summed E-state index contributed by atoms with van der Waals surface area (Å²) in [6.07, 6.45) is 0.643. The largest absolute Gasteiger partial charge is 0.430 e. The normalized spacial score (nSPS) is 13.8. The molecule has 8 heteroatoms. The summed E-state index contributed by atoms with van der Waals surface area (Å²) >= 11 is 1.20. The lowest BCUT2D eigenvalue weighted by molar-refractivity contribution is -0.130. The highest BCUT2D eigenvalue weighted by Gasteiger charge is 2.24. The van der Waals surface area contributed by atoms with Crippen molar-refractivity contribution in [3.8, 4) is 10.9 Å². The number of ether oxygens (including phenoxy) is 1. The Bertz CT molecular complexity index is 1120. The highest BCUT2D eigenvalue weighted by atomic mass is 32.1. The van der Waals surface area contributed by atoms with E-state index in [4.69, 9.17) is 4.74 Å². The molecular weight excluding hydrogens is 424 g/mol. The number of carbonyl (C=O) groups excluding carboxylic acids is 2. The predicted octanol–water partition coefficient (Wildman–Crippen LogP) is 3.84. The molecule has 32 heavy (non-hydrogen) atoms. The van der Waals surface area contributed by atoms with Crippen LogP contribution in [-0.4, -0.2) is 57.2 Å². The van der Waals surface area contributed by atoms with Crippen molar-refractivity contribution in [2.45, 2.75) is 27.2 Å². The SMILES string of the molecule is CC(=O)N1CCN(C(=O)c2ccc(C)c(Oc3nc(Cc4ccc(C)cc4)ns3)c2)CC1. The number of benzene rings is 2. The Morgan fingerprint density at radius 1 is 1.00 bits per heavy atom. The number of aromatic nitrogens is 2. The van der Waals surface area contributed by atoms with Crippen LogP contribution in [-0.2, 0) is 11.2 Å². The van der Waals surface area contributed by atoms with Crippen molar-refractivity contribution in [2.75, 3.05) is 26.2 Å². The molecule has 0 bridgehead atoms. The van der Waals surface area contributed by atoms with Gasteiger partial charge in [-0.05, 0) is 37.1 Å². The molecule has 1 aliphatic rings. The summed E-state index contributed by atoms with van der Waals surface area (Å²) in [5.41, 5.74) is 3.84. The molecule has 0 saturated carbocycles. The maximum atomic E-state index is 13.0. The standard InChI is InChI=1S/C24H26N4O3S/c1-16-4-7-19(8-5-16)14-22-25-24(32-26-22)31-21-15-20(9-6-17(21)2)23(30)28-12-10-27(11-13-28)18(3)29/h4-9,15H,10-14H2,1-3H3. The van der Waals surface area contributed by atoms with Gasteiger partial charge in [0.2, 0.25) is 5.91 Å². The third-order valence-corrected chi connectivity index (χ3v) is 6.21. The molecule has 7 nitrogen and oxygen atoms in total. The molecule has 0 radical (unpaired) electrons. The van der Waals surface area contributed by atoms with Gasteiger partial charge >= 0.3 is 0 Å². The van der Waals surface area contributed by atoms with Gasteiger partial charge in [0.25, 0.3) is 11.1 Å². The monoisotopic (exact) mass is 450 g/mol. The number of nitrogens with zero attached hydrogens (tertiary/aromatic N) is 4. The van der Waals surface area contributed by atoms with E-state index in [0.717, 1.165) is 11.1 Å². The lowest BCUT2D eigenvalue weighted by Gasteiger charge is -2.34. The molecular formula is C24H26N4O3S. The van der Waals surface area contributed by atoms with Crippen molar-refractivity contribution in [3.05, 3.63) is 70.5 Å². The zero-order chi connectivity index (χ0) is 22.7. The first kappa shape index (κ1) is 22.0. The molecule has 1 saturated heterocycles. The lowest BCUT2D eigenvalue weighted by atomic mass is 10.1. The van der Waals surface area contributed by atoms with E-state index in [2.05, 4.69) is 40.5 Å². The van der Waals surface area contributed by atoms with Crippen molar-refractivity contribution >= 4 is 23.3 Å². The Balaban J connectivity index is 1.43. The van der Waals surface area contributed by atoms with Gasteiger partial charge in [0.05, 0.1) is 0 Å². The summed E-state index contributed by atoms with van der Waals surface area (Å²) in [5.74, 6) is 1.29. The number of carbonyl (C=O) groups is 2. The molecule has 0 N–H and O–H groups in total. The molecule has 3 aromatic rings. The quantitative estimate of drug-likeness (QED) is 0.590. The van der Waals surface area contributed by atoms with Crippen LogP contribution in [0.1, 0.15) is 39.8 Å². The Hall–Kier alpha value is -3.26. The fraction of sp³-hybridized carbons (Fsp3) is 0.333. The van der Waals surface area contributed by atoms with Crippen LogP contribution in [0.5, 0.6) is 10.9 Å². The van der Waals surface area contributed by atoms with Crippen LogP contribution in [0.3, 0.4) is 0 Å². The van der Waals surface area contributed by atoms with E-state index in [1.165, 1.54) is 17.1 Å². The Kier molecular flexibility index (Phi) is 6.50. The van der Waals surface area contributed by atoms with Crippen LogP contribution in [0.4, 0.5) is 0 Å². The molecule has 2 aromatic carbocycles. The van der Waals surface area contributed by atoms with Crippen LogP contribution in [0.15, 0.2) is 42.5 Å². The molecule has 1 aliphatic heterocycles. The Labute approximate surface area is 191 Å². The zero-order valence-corrected chi connectivity index (χ0v) is 19.3. The number of piperazine rings is 1. The van der Waals surface area contributed by atoms with E-state index < -0.39 is 0 Å². The summed E-state index contributed by atoms with van der Waals surface area (Å²) in [5, 5.41) is 0.454. The molecule has 0 spiro atoms. The summed E-state index contributed by atoms with van der Waals surface area (Å²) in [6.45, 7) is 7.73. The second-order valence-corrected chi connectivity index (χ2v) is 8.73. The van der Waals surface area contributed by atoms with E-state index in [1.54, 1.807) is 22.8 Å². The van der Waals surface area contributed by atoms with E-state index in [1.807, 2.05) is 19.1 Å². The number of amides is 2. The zero-order valence-electron chi connectivity index (χ0n) is 18.5. The van der Waals surface area contributed by atoms with Gasteiger partial charge in [-0.1, -0.05) is 35.9 Å². The van der Waals surface area contributed by atoms with Gasteiger partial charge in [0, 0.05) is 56.6 Å². The van der Waals surface area contributed by atoms with Crippen molar-refractivity contribution < 1.29 is 14.3 Å². The van der Waals surface area contributed by atoms with E-state index >= 15 is 0 Å². The molecule has 0 atom stereocenters. The van der Waals surface area contributed by atoms with Gasteiger partial charge in [0.1, 0.15) is 5.75 Å². The highest BCUT2D eigenvalue weighted by molar-refractivity contribution is 7.07. The van der Waals surface area contributed by atoms with Gasteiger partial charge in [-0.15, -0.1) is 0 Å². The number of rotatable bonds is 5. The first-order chi connectivity index (χ1) is 15.4. The van der Waals surface area contributed by atoms with Crippen molar-refractivity contribution in [1.82, 2.24) is 19.2 Å². The van der Waals surface area contributed by atoms with Crippen molar-refractivity contribution in [1.29, 1.82) is 0 Å². The van der Waals surface area contributed by atoms with Crippen LogP contribution in [0, 0.1) is 13.8 Å². The molecule has 2 heterocycles. The second-order valence-electron chi connectivity index (χ2n) is 8.02. The van der Waals surface area contributed by atoms with Gasteiger partial charge in [0.15, 0.2) is 5.82 Å². The first-order valence-electron chi connectivity index (χ1n) is 10.6. The molecule has 0 aliphatic carbocycles. The fourth-order valence-corrected chi connectivity index (χ4v) is 4.15. The smallest absolute Gasteiger partial charge is 0.298 e. The van der Waals surface area contributed by atoms with Crippen molar-refractivity contribution in [2.24, 2.45) is 0 Å². The van der Waals surface area contributed by atoms with E-state index in [0.29, 0.717) is 54.9 Å². The second kappa shape index (κ2) is 9.48. The predicted molar refractivity (Wildman–Crippen MR) is 123 cm³/mol. The number of hydrogen-bond acceptors (Lipinski definition) is 6. The number of aryl methyl sites for hydroxylation is 2. The van der Waals surface area contributed by atoms with Gasteiger partial charge in [-0.2, -0.15) is 9.36 Å². The molecule has 166 valence electrons. The fourth-order valence-electron chi connectivity index (χ4n) is 3.58. The van der Waals surface area contributed by atoms with Gasteiger partial charge in [-0.3, -0.25) is 9.59 Å². The minimum Gasteiger partial charge on any atom is -0.430 e. The minimum atomic E-state index is -0.0598. The third-order valence-electron chi connectivity index (χ3n) is 5.58. The Morgan fingerprint density at radius 3 is 2.38 bits per heavy atom. The number of hydrogen-bond donors (Lipinski definition) is 0. The third kappa shape index (κ3) is 5.13. The van der Waals surface area contributed by atoms with Crippen LogP contribution in [0.2, 0.25) is 0 Å². The van der Waals surface area contributed by atoms with Crippen LogP contribution in [0.25, 0.3) is 0 Å². The average Bonchev–Trinajstić information content (AvgIpc) is 3.23. The summed E-state index contributed by atoms with van der Waals surface area (Å²) in [6, 6.07) is 13.7. The van der Waals surface area contributed by atoms with Crippen molar-refractivity contribution in [3.63, 3.8) is 0 Å². The minimum absolute atomic E-state index is 0.0434. The molecule has 1 fully saturated rings. The van der Waals surface area contributed by atoms with E-state index in [-0.39, 0.29) is 11.8 Å². The van der Waals surface area contributed by atoms with Gasteiger partial charge < -0.3 is 14.5 Å². The van der Waals surface area contributed by atoms with Crippen LogP contribution < -0.4 is 4.74 Å². The first-order valence-corrected chi connectivity index (χ1v) is 11.4. The lowest BCUT2D eigenvalue weighted by Crippen LogP contribution is -2.50. The van der Waals surface area contributed by atoms with Crippen LogP contribution >= 0.6 is 11.5 Å². The maximum Gasteiger partial charge on any atom is 0.298 e. The summed E-state index contributed by atoms with van der Waals surface area (Å²) in [4.78, 5) is 32.5. The van der Waals surface area contributed by atoms with E-state index in [9.17, 15) is 9.59 Å².